The van der Waals surface area contributed by atoms with Gasteiger partial charge in [0, 0.05) is 6.42 Å². The van der Waals surface area contributed by atoms with E-state index in [2.05, 4.69) is 0 Å². The highest BCUT2D eigenvalue weighted by Crippen LogP contribution is 2.29. The largest absolute Gasteiger partial charge is 0.473 e. The Morgan fingerprint density at radius 3 is 2.70 bits per heavy atom. The zero-order valence-corrected chi connectivity index (χ0v) is 11.6. The van der Waals surface area contributed by atoms with Crippen LogP contribution in [0.25, 0.3) is 0 Å². The lowest BCUT2D eigenvalue weighted by molar-refractivity contribution is -0.167. The number of hydrogen-bond donors (Lipinski definition) is 1. The van der Waals surface area contributed by atoms with Crippen molar-refractivity contribution >= 4 is 5.97 Å². The van der Waals surface area contributed by atoms with Crippen molar-refractivity contribution < 1.29 is 24.1 Å². The van der Waals surface area contributed by atoms with Gasteiger partial charge in [-0.2, -0.15) is 0 Å². The van der Waals surface area contributed by atoms with Crippen LogP contribution in [0.3, 0.4) is 0 Å². The number of esters is 1. The monoisotopic (exact) mass is 280 g/mol. The maximum absolute atomic E-state index is 12.3. The average molecular weight is 280 g/mol. The molecule has 1 aromatic rings. The summed E-state index contributed by atoms with van der Waals surface area (Å²) in [5.74, 6) is -0.0168. The van der Waals surface area contributed by atoms with Gasteiger partial charge in [-0.25, -0.2) is 4.79 Å². The van der Waals surface area contributed by atoms with Gasteiger partial charge in [-0.05, 0) is 18.6 Å². The molecule has 2 unspecified atom stereocenters. The van der Waals surface area contributed by atoms with E-state index in [9.17, 15) is 9.90 Å². The summed E-state index contributed by atoms with van der Waals surface area (Å²) in [6, 6.07) is 8.95. The molecule has 5 nitrogen and oxygen atoms in total. The quantitative estimate of drug-likeness (QED) is 0.578. The summed E-state index contributed by atoms with van der Waals surface area (Å²) in [4.78, 5) is 12.3. The number of aliphatic hydroxyl groups is 1. The average Bonchev–Trinajstić information content (AvgIpc) is 3.29. The van der Waals surface area contributed by atoms with Gasteiger partial charge in [0.2, 0.25) is 5.60 Å². The van der Waals surface area contributed by atoms with Crippen LogP contribution in [0, 0.1) is 0 Å². The van der Waals surface area contributed by atoms with Gasteiger partial charge in [-0.1, -0.05) is 25.1 Å². The first-order chi connectivity index (χ1) is 9.70. The lowest BCUT2D eigenvalue weighted by Gasteiger charge is -2.30. The Kier molecular flexibility index (Phi) is 4.98. The van der Waals surface area contributed by atoms with E-state index in [4.69, 9.17) is 14.2 Å². The van der Waals surface area contributed by atoms with Crippen LogP contribution in [0.1, 0.15) is 19.8 Å². The lowest BCUT2D eigenvalue weighted by atomic mass is 9.98. The Morgan fingerprint density at radius 2 is 2.15 bits per heavy atom. The number of carbonyl (C=O) groups is 1. The molecule has 0 radical (unpaired) electrons. The van der Waals surface area contributed by atoms with Crippen LogP contribution < -0.4 is 4.74 Å². The first-order valence-corrected chi connectivity index (χ1v) is 6.84. The molecule has 20 heavy (non-hydrogen) atoms. The van der Waals surface area contributed by atoms with E-state index in [0.717, 1.165) is 6.42 Å². The summed E-state index contributed by atoms with van der Waals surface area (Å²) in [6.45, 7) is 2.37. The van der Waals surface area contributed by atoms with Crippen molar-refractivity contribution in [2.24, 2.45) is 0 Å². The molecule has 2 atom stereocenters. The van der Waals surface area contributed by atoms with Gasteiger partial charge in [0.25, 0.3) is 0 Å². The molecule has 0 amide bonds. The maximum atomic E-state index is 12.3. The number of epoxide rings is 1. The van der Waals surface area contributed by atoms with E-state index in [1.807, 2.05) is 25.1 Å². The number of ether oxygens (including phenoxy) is 3. The molecule has 0 spiro atoms. The fraction of sp³-hybridized carbons (Fsp3) is 0.533. The molecule has 0 aromatic heterocycles. The summed E-state index contributed by atoms with van der Waals surface area (Å²) < 4.78 is 16.1. The topological polar surface area (TPSA) is 68.3 Å². The second kappa shape index (κ2) is 6.72. The van der Waals surface area contributed by atoms with E-state index in [-0.39, 0.29) is 6.10 Å². The van der Waals surface area contributed by atoms with Crippen molar-refractivity contribution in [2.75, 3.05) is 19.8 Å². The third-order valence-electron chi connectivity index (χ3n) is 3.08. The van der Waals surface area contributed by atoms with Crippen LogP contribution in [-0.2, 0) is 14.3 Å². The van der Waals surface area contributed by atoms with E-state index in [0.29, 0.717) is 25.4 Å². The van der Waals surface area contributed by atoms with Crippen molar-refractivity contribution in [2.45, 2.75) is 31.5 Å². The summed E-state index contributed by atoms with van der Waals surface area (Å²) in [5.41, 5.74) is -1.39. The predicted octanol–water partition coefficient (Wildman–Crippen LogP) is 1.54. The fourth-order valence-corrected chi connectivity index (χ4v) is 1.92. The van der Waals surface area contributed by atoms with E-state index < -0.39 is 18.2 Å². The molecule has 1 aliphatic heterocycles. The molecule has 1 aliphatic rings. The molecule has 1 fully saturated rings. The van der Waals surface area contributed by atoms with Crippen molar-refractivity contribution in [1.29, 1.82) is 0 Å². The highest BCUT2D eigenvalue weighted by Gasteiger charge is 2.47. The third kappa shape index (κ3) is 3.71. The number of benzene rings is 1. The Labute approximate surface area is 118 Å². The van der Waals surface area contributed by atoms with Gasteiger partial charge in [0.1, 0.15) is 5.75 Å². The zero-order chi connectivity index (χ0) is 14.4. The second-order valence-corrected chi connectivity index (χ2v) is 4.86. The van der Waals surface area contributed by atoms with Gasteiger partial charge >= 0.3 is 5.97 Å². The maximum Gasteiger partial charge on any atom is 0.353 e. The number of carbonyl (C=O) groups excluding carboxylic acids is 1. The van der Waals surface area contributed by atoms with Gasteiger partial charge in [0.15, 0.2) is 0 Å². The van der Waals surface area contributed by atoms with E-state index >= 15 is 0 Å². The van der Waals surface area contributed by atoms with Crippen LogP contribution in [0.5, 0.6) is 5.75 Å². The molecule has 1 N–H and O–H groups in total. The predicted molar refractivity (Wildman–Crippen MR) is 72.5 cm³/mol. The lowest BCUT2D eigenvalue weighted by Crippen LogP contribution is -2.50. The summed E-state index contributed by atoms with van der Waals surface area (Å²) in [6.07, 6.45) is 0.958. The first kappa shape index (κ1) is 14.8. The molecular formula is C15H20O5. The Morgan fingerprint density at radius 1 is 1.45 bits per heavy atom. The van der Waals surface area contributed by atoms with Crippen molar-refractivity contribution in [3.63, 3.8) is 0 Å². The normalized spacial score (nSPS) is 20.0. The van der Waals surface area contributed by atoms with Crippen molar-refractivity contribution in [3.8, 4) is 5.75 Å². The first-order valence-electron chi connectivity index (χ1n) is 6.84. The highest BCUT2D eigenvalue weighted by atomic mass is 16.6. The van der Waals surface area contributed by atoms with Gasteiger partial charge < -0.3 is 19.3 Å². The molecule has 1 saturated heterocycles. The SMILES string of the molecule is CCCOC(=O)C(CO)(CC1CO1)Oc1ccccc1. The molecule has 1 aromatic carbocycles. The zero-order valence-electron chi connectivity index (χ0n) is 11.6. The molecule has 1 heterocycles. The summed E-state index contributed by atoms with van der Waals surface area (Å²) in [7, 11) is 0. The van der Waals surface area contributed by atoms with Gasteiger partial charge in [-0.3, -0.25) is 0 Å². The van der Waals surface area contributed by atoms with Crippen molar-refractivity contribution in [3.05, 3.63) is 30.3 Å². The molecule has 0 saturated carbocycles. The van der Waals surface area contributed by atoms with E-state index in [1.54, 1.807) is 12.1 Å². The molecule has 0 bridgehead atoms. The standard InChI is InChI=1S/C15H20O5/c1-2-8-18-14(17)15(11-16,9-13-10-19-13)20-12-6-4-3-5-7-12/h3-7,13,16H,2,8-11H2,1H3. The minimum absolute atomic E-state index is 0.0555. The number of para-hydroxylation sites is 1. The number of hydrogen-bond acceptors (Lipinski definition) is 5. The van der Waals surface area contributed by atoms with E-state index in [1.165, 1.54) is 0 Å². The molecule has 5 heteroatoms. The van der Waals surface area contributed by atoms with Gasteiger partial charge in [-0.15, -0.1) is 0 Å². The van der Waals surface area contributed by atoms with Crippen LogP contribution >= 0.6 is 0 Å². The minimum atomic E-state index is -1.39. The number of rotatable bonds is 8. The summed E-state index contributed by atoms with van der Waals surface area (Å²) >= 11 is 0. The van der Waals surface area contributed by atoms with Crippen LogP contribution in [0.15, 0.2) is 30.3 Å². The van der Waals surface area contributed by atoms with Crippen LogP contribution in [0.2, 0.25) is 0 Å². The fourth-order valence-electron chi connectivity index (χ4n) is 1.92. The Hall–Kier alpha value is -1.59. The molecule has 2 rings (SSSR count). The molecule has 110 valence electrons. The summed E-state index contributed by atoms with van der Waals surface area (Å²) in [5, 5.41) is 9.70. The van der Waals surface area contributed by atoms with Crippen LogP contribution in [-0.4, -0.2) is 42.6 Å². The third-order valence-corrected chi connectivity index (χ3v) is 3.08. The number of aliphatic hydroxyl groups excluding tert-OH is 1. The van der Waals surface area contributed by atoms with Crippen molar-refractivity contribution in [1.82, 2.24) is 0 Å². The second-order valence-electron chi connectivity index (χ2n) is 4.86. The van der Waals surface area contributed by atoms with Gasteiger partial charge in [0.05, 0.1) is 25.9 Å². The molecule has 0 aliphatic carbocycles. The van der Waals surface area contributed by atoms with Crippen LogP contribution in [0.4, 0.5) is 0 Å². The Balaban J connectivity index is 2.14. The molecular weight excluding hydrogens is 260 g/mol. The minimum Gasteiger partial charge on any atom is -0.473 e. The Bertz CT molecular complexity index is 429. The smallest absolute Gasteiger partial charge is 0.353 e. The highest BCUT2D eigenvalue weighted by molar-refractivity contribution is 5.80.